The van der Waals surface area contributed by atoms with Crippen molar-refractivity contribution in [2.45, 2.75) is 19.3 Å². The molecule has 0 saturated heterocycles. The Labute approximate surface area is 302 Å². The standard InChI is InChI=1S/C49H34N2O/c1-49(2)42-22-11-9-18-38(42)39-25-24-33(29-43(39)49)48-50-44(32-16-7-4-8-17-32)30-45(51-48)36-27-34(31-14-5-3-6-15-31)26-35(28-36)37-20-13-21-41-40-19-10-12-23-46(40)52-47(37)41/h3-30H,1-2H3. The number of fused-ring (bicyclic) bond motifs is 6. The molecule has 10 rings (SSSR count). The first kappa shape index (κ1) is 30.3. The molecule has 0 fully saturated rings. The van der Waals surface area contributed by atoms with Crippen LogP contribution in [0.5, 0.6) is 0 Å². The molecule has 0 spiro atoms. The van der Waals surface area contributed by atoms with E-state index in [0.717, 1.165) is 72.3 Å². The van der Waals surface area contributed by atoms with E-state index < -0.39 is 0 Å². The number of hydrogen-bond acceptors (Lipinski definition) is 3. The van der Waals surface area contributed by atoms with Gasteiger partial charge in [-0.05, 0) is 75.3 Å². The van der Waals surface area contributed by atoms with E-state index in [9.17, 15) is 0 Å². The van der Waals surface area contributed by atoms with Gasteiger partial charge < -0.3 is 4.42 Å². The van der Waals surface area contributed by atoms with E-state index in [0.29, 0.717) is 5.82 Å². The summed E-state index contributed by atoms with van der Waals surface area (Å²) in [5.41, 5.74) is 16.1. The second-order valence-corrected chi connectivity index (χ2v) is 14.2. The van der Waals surface area contributed by atoms with E-state index in [1.165, 1.54) is 22.3 Å². The van der Waals surface area contributed by atoms with Gasteiger partial charge in [-0.3, -0.25) is 0 Å². The highest BCUT2D eigenvalue weighted by Gasteiger charge is 2.35. The van der Waals surface area contributed by atoms with Crippen LogP contribution in [0.1, 0.15) is 25.0 Å². The summed E-state index contributed by atoms with van der Waals surface area (Å²) in [6.07, 6.45) is 0. The summed E-state index contributed by atoms with van der Waals surface area (Å²) in [6, 6.07) is 60.0. The van der Waals surface area contributed by atoms with Gasteiger partial charge >= 0.3 is 0 Å². The van der Waals surface area contributed by atoms with E-state index in [1.807, 2.05) is 18.2 Å². The number of hydrogen-bond donors (Lipinski definition) is 0. The maximum absolute atomic E-state index is 6.53. The first-order chi connectivity index (χ1) is 25.5. The van der Waals surface area contributed by atoms with Gasteiger partial charge in [0.2, 0.25) is 0 Å². The molecule has 52 heavy (non-hydrogen) atoms. The molecule has 2 heterocycles. The van der Waals surface area contributed by atoms with E-state index in [4.69, 9.17) is 14.4 Å². The highest BCUT2D eigenvalue weighted by atomic mass is 16.3. The van der Waals surface area contributed by atoms with Crippen LogP contribution in [-0.2, 0) is 5.41 Å². The van der Waals surface area contributed by atoms with Gasteiger partial charge in [0.1, 0.15) is 11.2 Å². The zero-order chi connectivity index (χ0) is 34.8. The van der Waals surface area contributed by atoms with Gasteiger partial charge in [-0.1, -0.05) is 147 Å². The van der Waals surface area contributed by atoms with Crippen LogP contribution < -0.4 is 0 Å². The molecule has 246 valence electrons. The summed E-state index contributed by atoms with van der Waals surface area (Å²) in [5.74, 6) is 0.706. The SMILES string of the molecule is CC1(C)c2ccccc2-c2ccc(-c3nc(-c4ccccc4)cc(-c4cc(-c5ccccc5)cc(-c5cccc6c5oc5ccccc56)c4)n3)cc21. The van der Waals surface area contributed by atoms with Crippen LogP contribution in [0, 0.1) is 0 Å². The number of benzene rings is 7. The predicted octanol–water partition coefficient (Wildman–Crippen LogP) is 13.0. The molecule has 0 aliphatic heterocycles. The molecule has 0 unspecified atom stereocenters. The lowest BCUT2D eigenvalue weighted by molar-refractivity contribution is 0.660. The van der Waals surface area contributed by atoms with E-state index >= 15 is 0 Å². The summed E-state index contributed by atoms with van der Waals surface area (Å²) in [4.78, 5) is 10.6. The molecule has 0 bridgehead atoms. The van der Waals surface area contributed by atoms with E-state index in [-0.39, 0.29) is 5.41 Å². The number of nitrogens with zero attached hydrogens (tertiary/aromatic N) is 2. The fourth-order valence-electron chi connectivity index (χ4n) is 8.03. The average Bonchev–Trinajstić information content (AvgIpc) is 3.70. The van der Waals surface area contributed by atoms with Gasteiger partial charge in [-0.15, -0.1) is 0 Å². The van der Waals surface area contributed by atoms with E-state index in [1.54, 1.807) is 0 Å². The second kappa shape index (κ2) is 11.8. The predicted molar refractivity (Wildman–Crippen MR) is 214 cm³/mol. The maximum atomic E-state index is 6.53. The topological polar surface area (TPSA) is 38.9 Å². The third-order valence-electron chi connectivity index (χ3n) is 10.7. The molecule has 0 N–H and O–H groups in total. The van der Waals surface area contributed by atoms with Crippen LogP contribution in [0.2, 0.25) is 0 Å². The Bertz CT molecular complexity index is 2810. The van der Waals surface area contributed by atoms with Crippen LogP contribution >= 0.6 is 0 Å². The normalized spacial score (nSPS) is 13.0. The zero-order valence-electron chi connectivity index (χ0n) is 29.0. The lowest BCUT2D eigenvalue weighted by Gasteiger charge is -2.22. The zero-order valence-corrected chi connectivity index (χ0v) is 29.0. The van der Waals surface area contributed by atoms with Crippen molar-refractivity contribution in [2.75, 3.05) is 0 Å². The Morgan fingerprint density at radius 2 is 1.02 bits per heavy atom. The van der Waals surface area contributed by atoms with Crippen molar-refractivity contribution in [3.63, 3.8) is 0 Å². The van der Waals surface area contributed by atoms with Crippen molar-refractivity contribution >= 4 is 21.9 Å². The van der Waals surface area contributed by atoms with Crippen molar-refractivity contribution in [1.82, 2.24) is 9.97 Å². The molecule has 0 atom stereocenters. The second-order valence-electron chi connectivity index (χ2n) is 14.2. The Morgan fingerprint density at radius 3 is 1.85 bits per heavy atom. The molecule has 9 aromatic rings. The molecule has 0 radical (unpaired) electrons. The molecule has 1 aliphatic carbocycles. The third kappa shape index (κ3) is 4.89. The first-order valence-corrected chi connectivity index (χ1v) is 17.8. The lowest BCUT2D eigenvalue weighted by atomic mass is 9.82. The minimum absolute atomic E-state index is 0.127. The molecule has 1 aliphatic rings. The number of para-hydroxylation sites is 2. The number of furan rings is 1. The summed E-state index contributed by atoms with van der Waals surface area (Å²) in [6.45, 7) is 4.63. The molecular weight excluding hydrogens is 633 g/mol. The van der Waals surface area contributed by atoms with Crippen LogP contribution in [0.4, 0.5) is 0 Å². The van der Waals surface area contributed by atoms with Gasteiger partial charge in [-0.25, -0.2) is 9.97 Å². The molecule has 3 nitrogen and oxygen atoms in total. The fraction of sp³-hybridized carbons (Fsp3) is 0.0612. The Balaban J connectivity index is 1.19. The van der Waals surface area contributed by atoms with Gasteiger partial charge in [0.15, 0.2) is 5.82 Å². The van der Waals surface area contributed by atoms with Gasteiger partial charge in [0, 0.05) is 38.4 Å². The lowest BCUT2D eigenvalue weighted by Crippen LogP contribution is -2.15. The summed E-state index contributed by atoms with van der Waals surface area (Å²) in [5, 5.41) is 2.23. The number of aromatic nitrogens is 2. The van der Waals surface area contributed by atoms with Crippen molar-refractivity contribution in [1.29, 1.82) is 0 Å². The molecule has 7 aromatic carbocycles. The largest absolute Gasteiger partial charge is 0.455 e. The summed E-state index contributed by atoms with van der Waals surface area (Å²) >= 11 is 0. The minimum atomic E-state index is -0.127. The highest BCUT2D eigenvalue weighted by molar-refractivity contribution is 6.09. The monoisotopic (exact) mass is 666 g/mol. The van der Waals surface area contributed by atoms with E-state index in [2.05, 4.69) is 166 Å². The Kier molecular flexibility index (Phi) is 6.84. The third-order valence-corrected chi connectivity index (χ3v) is 10.7. The number of rotatable bonds is 5. The summed E-state index contributed by atoms with van der Waals surface area (Å²) in [7, 11) is 0. The first-order valence-electron chi connectivity index (χ1n) is 17.8. The maximum Gasteiger partial charge on any atom is 0.160 e. The van der Waals surface area contributed by atoms with Crippen LogP contribution in [0.25, 0.3) is 89.2 Å². The van der Waals surface area contributed by atoms with Crippen LogP contribution in [0.15, 0.2) is 174 Å². The van der Waals surface area contributed by atoms with Crippen molar-refractivity contribution in [2.24, 2.45) is 0 Å². The van der Waals surface area contributed by atoms with Crippen LogP contribution in [-0.4, -0.2) is 9.97 Å². The molecule has 2 aromatic heterocycles. The van der Waals surface area contributed by atoms with Gasteiger partial charge in [-0.2, -0.15) is 0 Å². The molecule has 0 saturated carbocycles. The Morgan fingerprint density at radius 1 is 0.404 bits per heavy atom. The molecule has 0 amide bonds. The summed E-state index contributed by atoms with van der Waals surface area (Å²) < 4.78 is 6.53. The van der Waals surface area contributed by atoms with Crippen molar-refractivity contribution < 1.29 is 4.42 Å². The highest BCUT2D eigenvalue weighted by Crippen LogP contribution is 2.49. The fourth-order valence-corrected chi connectivity index (χ4v) is 8.03. The van der Waals surface area contributed by atoms with Crippen LogP contribution in [0.3, 0.4) is 0 Å². The average molecular weight is 667 g/mol. The smallest absolute Gasteiger partial charge is 0.160 e. The van der Waals surface area contributed by atoms with Crippen molar-refractivity contribution in [3.05, 3.63) is 181 Å². The van der Waals surface area contributed by atoms with Crippen molar-refractivity contribution in [3.8, 4) is 67.3 Å². The quantitative estimate of drug-likeness (QED) is 0.183. The molecular formula is C49H34N2O. The molecule has 3 heteroatoms. The Hall–Kier alpha value is -6.58. The van der Waals surface area contributed by atoms with Gasteiger partial charge in [0.25, 0.3) is 0 Å². The van der Waals surface area contributed by atoms with Gasteiger partial charge in [0.05, 0.1) is 11.4 Å². The minimum Gasteiger partial charge on any atom is -0.455 e.